The van der Waals surface area contributed by atoms with Crippen LogP contribution in [0.25, 0.3) is 0 Å². The molecule has 2 heterocycles. The fourth-order valence-corrected chi connectivity index (χ4v) is 2.26. The average Bonchev–Trinajstić information content (AvgIpc) is 3.24. The summed E-state index contributed by atoms with van der Waals surface area (Å²) < 4.78 is 5.19. The topological polar surface area (TPSA) is 75.7 Å². The van der Waals surface area contributed by atoms with E-state index in [-0.39, 0.29) is 5.91 Å². The summed E-state index contributed by atoms with van der Waals surface area (Å²) in [5.41, 5.74) is 2.60. The third-order valence-corrected chi connectivity index (χ3v) is 3.48. The van der Waals surface area contributed by atoms with Gasteiger partial charge in [-0.15, -0.1) is 0 Å². The minimum Gasteiger partial charge on any atom is -0.497 e. The van der Waals surface area contributed by atoms with Crippen molar-refractivity contribution in [1.82, 2.24) is 10.3 Å². The van der Waals surface area contributed by atoms with E-state index in [1.807, 2.05) is 42.6 Å². The van der Waals surface area contributed by atoms with Crippen LogP contribution in [-0.2, 0) is 16.2 Å². The van der Waals surface area contributed by atoms with Gasteiger partial charge in [-0.3, -0.25) is 4.79 Å². The molecule has 0 saturated heterocycles. The number of rotatable bonds is 5. The number of methoxy groups -OCH3 is 1. The second-order valence-electron chi connectivity index (χ2n) is 4.98. The Bertz CT molecular complexity index is 680. The summed E-state index contributed by atoms with van der Waals surface area (Å²) in [5.74, 6) is 0.580. The quantitative estimate of drug-likeness (QED) is 0.884. The van der Waals surface area contributed by atoms with Crippen molar-refractivity contribution in [2.75, 3.05) is 7.11 Å². The van der Waals surface area contributed by atoms with Gasteiger partial charge in [0.25, 0.3) is 5.91 Å². The first-order chi connectivity index (χ1) is 10.8. The van der Waals surface area contributed by atoms with Gasteiger partial charge in [0.1, 0.15) is 5.75 Å². The van der Waals surface area contributed by atoms with Crippen LogP contribution in [0.3, 0.4) is 0 Å². The second kappa shape index (κ2) is 6.34. The highest BCUT2D eigenvalue weighted by Gasteiger charge is 2.28. The maximum atomic E-state index is 12.1. The molecule has 22 heavy (non-hydrogen) atoms. The fourth-order valence-electron chi connectivity index (χ4n) is 2.26. The second-order valence-corrected chi connectivity index (χ2v) is 4.98. The number of oxime groups is 1. The standard InChI is InChI=1S/C16H17N3O3/c1-21-13-6-2-4-11(8-13)14-9-15(22-19-14)16(20)18-10-12-5-3-7-17-12/h2-8,15,17H,9-10H2,1H3,(H,18,20)/t15-/m0/s1. The van der Waals surface area contributed by atoms with Crippen molar-refractivity contribution in [3.05, 3.63) is 53.9 Å². The molecule has 1 aliphatic heterocycles. The number of nitrogens with one attached hydrogen (secondary N) is 2. The zero-order valence-electron chi connectivity index (χ0n) is 12.2. The highest BCUT2D eigenvalue weighted by molar-refractivity contribution is 6.04. The summed E-state index contributed by atoms with van der Waals surface area (Å²) in [6.45, 7) is 0.445. The molecule has 0 aliphatic carbocycles. The normalized spacial score (nSPS) is 16.8. The lowest BCUT2D eigenvalue weighted by atomic mass is 10.0. The van der Waals surface area contributed by atoms with Crippen molar-refractivity contribution >= 4 is 11.6 Å². The number of H-pyrrole nitrogens is 1. The van der Waals surface area contributed by atoms with Crippen molar-refractivity contribution in [1.29, 1.82) is 0 Å². The molecule has 1 aliphatic rings. The van der Waals surface area contributed by atoms with Crippen LogP contribution in [0.1, 0.15) is 17.7 Å². The van der Waals surface area contributed by atoms with Crippen LogP contribution in [0.5, 0.6) is 5.75 Å². The summed E-state index contributed by atoms with van der Waals surface area (Å²) in [6.07, 6.45) is 1.68. The number of aromatic nitrogens is 1. The van der Waals surface area contributed by atoms with Gasteiger partial charge in [0.05, 0.1) is 19.4 Å². The maximum absolute atomic E-state index is 12.1. The number of carbonyl (C=O) groups excluding carboxylic acids is 1. The van der Waals surface area contributed by atoms with Crippen molar-refractivity contribution < 1.29 is 14.4 Å². The monoisotopic (exact) mass is 299 g/mol. The number of carbonyl (C=O) groups is 1. The number of ether oxygens (including phenoxy) is 1. The van der Waals surface area contributed by atoms with Crippen LogP contribution in [0.2, 0.25) is 0 Å². The summed E-state index contributed by atoms with van der Waals surface area (Å²) >= 11 is 0. The Labute approximate surface area is 128 Å². The molecule has 2 aromatic rings. The highest BCUT2D eigenvalue weighted by atomic mass is 16.6. The fraction of sp³-hybridized carbons (Fsp3) is 0.250. The molecule has 2 N–H and O–H groups in total. The smallest absolute Gasteiger partial charge is 0.264 e. The first kappa shape index (κ1) is 14.2. The van der Waals surface area contributed by atoms with Gasteiger partial charge >= 0.3 is 0 Å². The minimum absolute atomic E-state index is 0.170. The Hall–Kier alpha value is -2.76. The van der Waals surface area contributed by atoms with E-state index in [1.54, 1.807) is 7.11 Å². The van der Waals surface area contributed by atoms with E-state index in [1.165, 1.54) is 0 Å². The Balaban J connectivity index is 1.57. The molecule has 1 aromatic heterocycles. The first-order valence-electron chi connectivity index (χ1n) is 7.03. The zero-order valence-corrected chi connectivity index (χ0v) is 12.2. The Kier molecular flexibility index (Phi) is 4.09. The van der Waals surface area contributed by atoms with E-state index in [9.17, 15) is 4.79 Å². The van der Waals surface area contributed by atoms with E-state index >= 15 is 0 Å². The minimum atomic E-state index is -0.587. The number of hydrogen-bond donors (Lipinski definition) is 2. The molecule has 1 aromatic carbocycles. The molecule has 0 radical (unpaired) electrons. The molecule has 0 saturated carbocycles. The number of hydrogen-bond acceptors (Lipinski definition) is 4. The van der Waals surface area contributed by atoms with Gasteiger partial charge in [0.2, 0.25) is 6.10 Å². The number of amides is 1. The highest BCUT2D eigenvalue weighted by Crippen LogP contribution is 2.20. The number of benzene rings is 1. The zero-order chi connectivity index (χ0) is 15.4. The van der Waals surface area contributed by atoms with Crippen LogP contribution < -0.4 is 10.1 Å². The van der Waals surface area contributed by atoms with Crippen LogP contribution in [0.4, 0.5) is 0 Å². The predicted octanol–water partition coefficient (Wildman–Crippen LogP) is 1.83. The summed E-state index contributed by atoms with van der Waals surface area (Å²) in [6, 6.07) is 11.3. The average molecular weight is 299 g/mol. The van der Waals surface area contributed by atoms with E-state index in [0.29, 0.717) is 13.0 Å². The summed E-state index contributed by atoms with van der Waals surface area (Å²) in [5, 5.41) is 6.85. The van der Waals surface area contributed by atoms with Crippen LogP contribution >= 0.6 is 0 Å². The molecule has 1 atom stereocenters. The molecule has 0 bridgehead atoms. The lowest BCUT2D eigenvalue weighted by Gasteiger charge is -2.08. The van der Waals surface area contributed by atoms with Crippen molar-refractivity contribution in [2.24, 2.45) is 5.16 Å². The lowest BCUT2D eigenvalue weighted by Crippen LogP contribution is -2.34. The molecule has 0 spiro atoms. The van der Waals surface area contributed by atoms with E-state index < -0.39 is 6.10 Å². The van der Waals surface area contributed by atoms with Crippen LogP contribution in [0.15, 0.2) is 47.8 Å². The van der Waals surface area contributed by atoms with E-state index in [0.717, 1.165) is 22.7 Å². The third-order valence-electron chi connectivity index (χ3n) is 3.48. The van der Waals surface area contributed by atoms with Crippen molar-refractivity contribution in [3.63, 3.8) is 0 Å². The molecular weight excluding hydrogens is 282 g/mol. The Morgan fingerprint density at radius 2 is 2.36 bits per heavy atom. The van der Waals surface area contributed by atoms with Crippen molar-refractivity contribution in [3.8, 4) is 5.75 Å². The molecular formula is C16H17N3O3. The van der Waals surface area contributed by atoms with Gasteiger partial charge in [0, 0.05) is 23.9 Å². The van der Waals surface area contributed by atoms with E-state index in [4.69, 9.17) is 9.57 Å². The Morgan fingerprint density at radius 3 is 3.14 bits per heavy atom. The third kappa shape index (κ3) is 3.11. The maximum Gasteiger partial charge on any atom is 0.264 e. The van der Waals surface area contributed by atoms with Gasteiger partial charge < -0.3 is 19.9 Å². The van der Waals surface area contributed by atoms with Gasteiger partial charge in [-0.25, -0.2) is 0 Å². The molecule has 0 unspecified atom stereocenters. The molecule has 3 rings (SSSR count). The summed E-state index contributed by atoms with van der Waals surface area (Å²) in [4.78, 5) is 20.4. The molecule has 0 fully saturated rings. The van der Waals surface area contributed by atoms with Crippen LogP contribution in [0, 0.1) is 0 Å². The summed E-state index contributed by atoms with van der Waals surface area (Å²) in [7, 11) is 1.61. The van der Waals surface area contributed by atoms with E-state index in [2.05, 4.69) is 15.5 Å². The number of aromatic amines is 1. The number of nitrogens with zero attached hydrogens (tertiary/aromatic N) is 1. The first-order valence-corrected chi connectivity index (χ1v) is 7.03. The molecule has 1 amide bonds. The largest absolute Gasteiger partial charge is 0.497 e. The predicted molar refractivity (Wildman–Crippen MR) is 81.7 cm³/mol. The van der Waals surface area contributed by atoms with Crippen molar-refractivity contribution in [2.45, 2.75) is 19.1 Å². The molecule has 6 nitrogen and oxygen atoms in total. The van der Waals surface area contributed by atoms with Crippen LogP contribution in [-0.4, -0.2) is 29.8 Å². The van der Waals surface area contributed by atoms with Gasteiger partial charge in [-0.05, 0) is 24.3 Å². The molecule has 114 valence electrons. The SMILES string of the molecule is COc1cccc(C2=NO[C@H](C(=O)NCc3ccc[nH]3)C2)c1. The van der Waals surface area contributed by atoms with Gasteiger partial charge in [0.15, 0.2) is 0 Å². The molecule has 6 heteroatoms. The lowest BCUT2D eigenvalue weighted by molar-refractivity contribution is -0.131. The van der Waals surface area contributed by atoms with Gasteiger partial charge in [-0.1, -0.05) is 17.3 Å². The Morgan fingerprint density at radius 1 is 1.45 bits per heavy atom. The van der Waals surface area contributed by atoms with Gasteiger partial charge in [-0.2, -0.15) is 0 Å².